The second-order valence-corrected chi connectivity index (χ2v) is 7.39. The highest BCUT2D eigenvalue weighted by Gasteiger charge is 2.17. The molecule has 0 aromatic heterocycles. The van der Waals surface area contributed by atoms with Crippen molar-refractivity contribution in [3.63, 3.8) is 0 Å². The number of nitrogens with one attached hydrogen (secondary N) is 1. The molecule has 6 heteroatoms. The Hall–Kier alpha value is -0.620. The molecule has 1 N–H and O–H groups in total. The lowest BCUT2D eigenvalue weighted by atomic mass is 10.1. The highest BCUT2D eigenvalue weighted by atomic mass is 32.2. The van der Waals surface area contributed by atoms with Crippen molar-refractivity contribution in [2.24, 2.45) is 0 Å². The van der Waals surface area contributed by atoms with Gasteiger partial charge in [0.15, 0.2) is 0 Å². The van der Waals surface area contributed by atoms with E-state index in [2.05, 4.69) is 17.1 Å². The number of amides is 1. The summed E-state index contributed by atoms with van der Waals surface area (Å²) in [5.41, 5.74) is 0. The molecule has 1 atom stereocenters. The van der Waals surface area contributed by atoms with Gasteiger partial charge in [0.05, 0.1) is 5.75 Å². The van der Waals surface area contributed by atoms with E-state index >= 15 is 0 Å². The summed E-state index contributed by atoms with van der Waals surface area (Å²) in [6, 6.07) is 0.326. The average molecular weight is 276 g/mol. The van der Waals surface area contributed by atoms with Crippen molar-refractivity contribution >= 4 is 15.7 Å². The maximum atomic E-state index is 11.5. The van der Waals surface area contributed by atoms with Crippen LogP contribution in [0.15, 0.2) is 0 Å². The summed E-state index contributed by atoms with van der Waals surface area (Å²) in [6.45, 7) is 4.89. The Kier molecular flexibility index (Phi) is 6.08. The van der Waals surface area contributed by atoms with Crippen molar-refractivity contribution in [3.05, 3.63) is 0 Å². The van der Waals surface area contributed by atoms with Crippen LogP contribution in [0.5, 0.6) is 0 Å². The minimum atomic E-state index is -3.05. The van der Waals surface area contributed by atoms with Gasteiger partial charge in [0.2, 0.25) is 5.91 Å². The maximum Gasteiger partial charge on any atom is 0.221 e. The number of sulfone groups is 1. The third-order valence-electron chi connectivity index (χ3n) is 3.31. The monoisotopic (exact) mass is 276 g/mol. The fraction of sp³-hybridized carbons (Fsp3) is 0.917. The molecule has 0 aliphatic carbocycles. The van der Waals surface area contributed by atoms with Crippen LogP contribution in [0.4, 0.5) is 0 Å². The first kappa shape index (κ1) is 15.4. The van der Waals surface area contributed by atoms with E-state index in [1.54, 1.807) is 0 Å². The van der Waals surface area contributed by atoms with Gasteiger partial charge in [-0.15, -0.1) is 0 Å². The van der Waals surface area contributed by atoms with Crippen LogP contribution in [-0.2, 0) is 14.6 Å². The molecule has 0 aromatic carbocycles. The summed E-state index contributed by atoms with van der Waals surface area (Å²) < 4.78 is 21.9. The average Bonchev–Trinajstić information content (AvgIpc) is 2.33. The van der Waals surface area contributed by atoms with Gasteiger partial charge in [-0.25, -0.2) is 8.42 Å². The van der Waals surface area contributed by atoms with Gasteiger partial charge in [-0.2, -0.15) is 0 Å². The normalized spacial score (nSPS) is 19.4. The van der Waals surface area contributed by atoms with Crippen molar-refractivity contribution in [1.29, 1.82) is 0 Å². The molecule has 0 saturated carbocycles. The molecule has 1 unspecified atom stereocenters. The van der Waals surface area contributed by atoms with Crippen molar-refractivity contribution in [2.45, 2.75) is 38.6 Å². The lowest BCUT2D eigenvalue weighted by Crippen LogP contribution is -2.44. The Morgan fingerprint density at radius 2 is 1.89 bits per heavy atom. The number of carbonyl (C=O) groups is 1. The first-order chi connectivity index (χ1) is 8.38. The van der Waals surface area contributed by atoms with Crippen LogP contribution < -0.4 is 5.32 Å². The van der Waals surface area contributed by atoms with E-state index in [-0.39, 0.29) is 18.1 Å². The summed E-state index contributed by atoms with van der Waals surface area (Å²) in [7, 11) is -3.05. The number of likely N-dealkylation sites (tertiary alicyclic amines) is 1. The smallest absolute Gasteiger partial charge is 0.221 e. The van der Waals surface area contributed by atoms with Gasteiger partial charge in [0, 0.05) is 25.3 Å². The number of nitrogens with zero attached hydrogens (tertiary/aromatic N) is 1. The zero-order valence-corrected chi connectivity index (χ0v) is 12.1. The van der Waals surface area contributed by atoms with Crippen LogP contribution in [0.25, 0.3) is 0 Å². The second kappa shape index (κ2) is 7.09. The molecule has 1 aliphatic heterocycles. The lowest BCUT2D eigenvalue weighted by molar-refractivity contribution is -0.120. The van der Waals surface area contributed by atoms with Crippen LogP contribution in [0.1, 0.15) is 32.6 Å². The topological polar surface area (TPSA) is 66.5 Å². The van der Waals surface area contributed by atoms with E-state index < -0.39 is 9.84 Å². The Morgan fingerprint density at radius 1 is 1.28 bits per heavy atom. The molecule has 1 fully saturated rings. The third kappa shape index (κ3) is 6.35. The highest BCUT2D eigenvalue weighted by molar-refractivity contribution is 7.90. The number of hydrogen-bond donors (Lipinski definition) is 1. The van der Waals surface area contributed by atoms with Crippen LogP contribution >= 0.6 is 0 Å². The molecule has 1 amide bonds. The summed E-state index contributed by atoms with van der Waals surface area (Å²) in [4.78, 5) is 13.9. The van der Waals surface area contributed by atoms with E-state index in [0.717, 1.165) is 19.3 Å². The molecule has 0 aromatic rings. The van der Waals surface area contributed by atoms with Gasteiger partial charge in [0.1, 0.15) is 9.84 Å². The number of rotatable bonds is 6. The van der Waals surface area contributed by atoms with E-state index in [1.807, 2.05) is 0 Å². The number of piperidine rings is 1. The zero-order valence-electron chi connectivity index (χ0n) is 11.3. The van der Waals surface area contributed by atoms with Crippen molar-refractivity contribution < 1.29 is 13.2 Å². The maximum absolute atomic E-state index is 11.5. The van der Waals surface area contributed by atoms with Crippen molar-refractivity contribution in [1.82, 2.24) is 10.2 Å². The number of hydrogen-bond acceptors (Lipinski definition) is 4. The first-order valence-corrected chi connectivity index (χ1v) is 8.63. The third-order valence-corrected chi connectivity index (χ3v) is 4.25. The first-order valence-electron chi connectivity index (χ1n) is 6.57. The molecule has 0 bridgehead atoms. The molecular weight excluding hydrogens is 252 g/mol. The molecule has 5 nitrogen and oxygen atoms in total. The Morgan fingerprint density at radius 3 is 2.44 bits per heavy atom. The Bertz CT molecular complexity index is 362. The molecular formula is C12H24N2O3S. The van der Waals surface area contributed by atoms with Crippen LogP contribution in [0.2, 0.25) is 0 Å². The van der Waals surface area contributed by atoms with Gasteiger partial charge in [0.25, 0.3) is 0 Å². The minimum absolute atomic E-state index is 0.0611. The minimum Gasteiger partial charge on any atom is -0.355 e. The quantitative estimate of drug-likeness (QED) is 0.763. The van der Waals surface area contributed by atoms with E-state index in [9.17, 15) is 13.2 Å². The summed E-state index contributed by atoms with van der Waals surface area (Å²) in [6.07, 6.45) is 4.96. The largest absolute Gasteiger partial charge is 0.355 e. The van der Waals surface area contributed by atoms with E-state index in [0.29, 0.717) is 12.6 Å². The number of carbonyl (C=O) groups excluding carboxylic acids is 1. The van der Waals surface area contributed by atoms with E-state index in [4.69, 9.17) is 0 Å². The molecule has 1 aliphatic rings. The summed E-state index contributed by atoms with van der Waals surface area (Å²) in [5, 5.41) is 2.81. The van der Waals surface area contributed by atoms with Crippen LogP contribution in [-0.4, -0.2) is 56.9 Å². The van der Waals surface area contributed by atoms with Gasteiger partial charge in [-0.3, -0.25) is 9.69 Å². The fourth-order valence-electron chi connectivity index (χ4n) is 2.12. The van der Waals surface area contributed by atoms with Gasteiger partial charge in [-0.05, 0) is 32.9 Å². The predicted octanol–water partition coefficient (Wildman–Crippen LogP) is 0.412. The van der Waals surface area contributed by atoms with E-state index in [1.165, 1.54) is 19.3 Å². The molecule has 1 rings (SSSR count). The van der Waals surface area contributed by atoms with Gasteiger partial charge in [-0.1, -0.05) is 6.42 Å². The SMILES string of the molecule is CC(CNC(=O)CCS(C)(=O)=O)N1CCCCC1. The Labute approximate surface area is 110 Å². The highest BCUT2D eigenvalue weighted by Crippen LogP contribution is 2.11. The molecule has 0 spiro atoms. The van der Waals surface area contributed by atoms with Crippen molar-refractivity contribution in [3.8, 4) is 0 Å². The fourth-order valence-corrected chi connectivity index (χ4v) is 2.67. The van der Waals surface area contributed by atoms with Crippen molar-refractivity contribution in [2.75, 3.05) is 31.6 Å². The standard InChI is InChI=1S/C12H24N2O3S/c1-11(14-7-4-3-5-8-14)10-13-12(15)6-9-18(2,16)17/h11H,3-10H2,1-2H3,(H,13,15). The predicted molar refractivity (Wildman–Crippen MR) is 72.2 cm³/mol. The second-order valence-electron chi connectivity index (χ2n) is 5.13. The summed E-state index contributed by atoms with van der Waals surface area (Å²) in [5.74, 6) is -0.249. The molecule has 1 saturated heterocycles. The van der Waals surface area contributed by atoms with Gasteiger partial charge >= 0.3 is 0 Å². The summed E-state index contributed by atoms with van der Waals surface area (Å²) >= 11 is 0. The molecule has 106 valence electrons. The zero-order chi connectivity index (χ0) is 13.6. The Balaban J connectivity index is 2.20. The van der Waals surface area contributed by atoms with Gasteiger partial charge < -0.3 is 5.32 Å². The molecule has 18 heavy (non-hydrogen) atoms. The molecule has 1 heterocycles. The van der Waals surface area contributed by atoms with Crippen LogP contribution in [0.3, 0.4) is 0 Å². The lowest BCUT2D eigenvalue weighted by Gasteiger charge is -2.32. The van der Waals surface area contributed by atoms with Crippen LogP contribution in [0, 0.1) is 0 Å². The molecule has 0 radical (unpaired) electrons.